The number of carbonyl (C=O) groups excluding carboxylic acids is 3. The highest BCUT2D eigenvalue weighted by molar-refractivity contribution is 9.11. The van der Waals surface area contributed by atoms with Gasteiger partial charge in [-0.05, 0) is 52.8 Å². The van der Waals surface area contributed by atoms with Crippen molar-refractivity contribution in [3.05, 3.63) is 27.1 Å². The van der Waals surface area contributed by atoms with Gasteiger partial charge in [-0.1, -0.05) is 22.9 Å². The van der Waals surface area contributed by atoms with Gasteiger partial charge in [0, 0.05) is 10.9 Å². The van der Waals surface area contributed by atoms with Crippen LogP contribution in [0.3, 0.4) is 0 Å². The van der Waals surface area contributed by atoms with E-state index in [9.17, 15) is 14.4 Å². The van der Waals surface area contributed by atoms with Crippen molar-refractivity contribution in [3.63, 3.8) is 0 Å². The van der Waals surface area contributed by atoms with Gasteiger partial charge in [-0.2, -0.15) is 0 Å². The van der Waals surface area contributed by atoms with Crippen LogP contribution in [0, 0.1) is 0 Å². The second-order valence-electron chi connectivity index (χ2n) is 5.13. The molecule has 0 aliphatic rings. The lowest BCUT2D eigenvalue weighted by atomic mass is 10.3. The van der Waals surface area contributed by atoms with Crippen molar-refractivity contribution >= 4 is 67.0 Å². The molecule has 3 N–H and O–H groups in total. The Morgan fingerprint density at radius 3 is 2.52 bits per heavy atom. The zero-order valence-corrected chi connectivity index (χ0v) is 18.5. The van der Waals surface area contributed by atoms with E-state index in [4.69, 9.17) is 21.7 Å². The minimum absolute atomic E-state index is 0.0449. The maximum absolute atomic E-state index is 11.7. The number of amides is 2. The zero-order valence-electron chi connectivity index (χ0n) is 14.5. The number of thiocarbonyl (C=S) groups is 1. The van der Waals surface area contributed by atoms with Crippen molar-refractivity contribution in [2.45, 2.75) is 26.2 Å². The van der Waals surface area contributed by atoms with Crippen LogP contribution in [0.25, 0.3) is 0 Å². The summed E-state index contributed by atoms with van der Waals surface area (Å²) in [5.41, 5.74) is 4.68. The number of hydrogen-bond acceptors (Lipinski definition) is 6. The molecule has 0 saturated heterocycles. The van der Waals surface area contributed by atoms with Crippen LogP contribution in [-0.4, -0.2) is 36.1 Å². The number of nitrogens with one attached hydrogen (secondary N) is 3. The number of hydrogen-bond donors (Lipinski definition) is 3. The summed E-state index contributed by atoms with van der Waals surface area (Å²) >= 11 is 11.5. The van der Waals surface area contributed by atoms with Gasteiger partial charge in [-0.3, -0.25) is 25.2 Å². The van der Waals surface area contributed by atoms with E-state index in [1.807, 2.05) is 6.92 Å². The summed E-state index contributed by atoms with van der Waals surface area (Å²) in [5, 5.41) is 2.24. The molecule has 0 aliphatic heterocycles. The van der Waals surface area contributed by atoms with Crippen LogP contribution in [0.1, 0.15) is 26.2 Å². The van der Waals surface area contributed by atoms with Crippen molar-refractivity contribution in [1.29, 1.82) is 0 Å². The molecule has 1 aromatic carbocycles. The quantitative estimate of drug-likeness (QED) is 0.272. The van der Waals surface area contributed by atoms with Crippen LogP contribution in [-0.2, 0) is 19.1 Å². The Labute approximate surface area is 179 Å². The molecule has 0 radical (unpaired) electrons. The van der Waals surface area contributed by atoms with Crippen LogP contribution in [0.5, 0.6) is 5.75 Å². The Balaban J connectivity index is 2.23. The number of halogens is 2. The molecule has 1 rings (SSSR count). The molecule has 0 atom stereocenters. The second-order valence-corrected chi connectivity index (χ2v) is 7.31. The molecule has 2 amide bonds. The lowest BCUT2D eigenvalue weighted by Gasteiger charge is -2.12. The summed E-state index contributed by atoms with van der Waals surface area (Å²) in [6.07, 6.45) is 0.601. The Kier molecular flexibility index (Phi) is 10.9. The van der Waals surface area contributed by atoms with Gasteiger partial charge in [0.1, 0.15) is 5.75 Å². The summed E-state index contributed by atoms with van der Waals surface area (Å²) in [6.45, 7) is 1.94. The minimum Gasteiger partial charge on any atom is -0.483 e. The van der Waals surface area contributed by atoms with Crippen LogP contribution in [0.4, 0.5) is 0 Å². The fourth-order valence-corrected chi connectivity index (χ4v) is 2.95. The van der Waals surface area contributed by atoms with Crippen LogP contribution in [0.2, 0.25) is 0 Å². The first-order valence-corrected chi connectivity index (χ1v) is 9.93. The molecule has 0 saturated carbocycles. The molecule has 0 heterocycles. The van der Waals surface area contributed by atoms with Crippen molar-refractivity contribution in [1.82, 2.24) is 16.2 Å². The maximum Gasteiger partial charge on any atom is 0.306 e. The summed E-state index contributed by atoms with van der Waals surface area (Å²) in [6, 6.07) is 5.26. The van der Waals surface area contributed by atoms with E-state index < -0.39 is 17.8 Å². The number of ether oxygens (including phenoxy) is 2. The normalized spacial score (nSPS) is 9.89. The highest BCUT2D eigenvalue weighted by Gasteiger charge is 2.10. The average Bonchev–Trinajstić information content (AvgIpc) is 2.62. The van der Waals surface area contributed by atoms with Gasteiger partial charge in [0.15, 0.2) is 11.7 Å². The van der Waals surface area contributed by atoms with Gasteiger partial charge in [0.25, 0.3) is 5.91 Å². The SMILES string of the molecule is CCCOC(=O)CCC(=O)NC(=S)NNC(=O)COc1ccc(Br)cc1Br. The fourth-order valence-electron chi connectivity index (χ4n) is 1.62. The average molecular weight is 525 g/mol. The van der Waals surface area contributed by atoms with Gasteiger partial charge in [-0.15, -0.1) is 0 Å². The largest absolute Gasteiger partial charge is 0.483 e. The Bertz CT molecular complexity index is 703. The Hall–Kier alpha value is -1.72. The maximum atomic E-state index is 11.7. The third-order valence-corrected chi connectivity index (χ3v) is 4.16. The highest BCUT2D eigenvalue weighted by Crippen LogP contribution is 2.27. The number of hydrazine groups is 1. The molecule has 0 bridgehead atoms. The zero-order chi connectivity index (χ0) is 20.2. The van der Waals surface area contributed by atoms with Gasteiger partial charge in [0.2, 0.25) is 5.91 Å². The molecule has 27 heavy (non-hydrogen) atoms. The van der Waals surface area contributed by atoms with Crippen LogP contribution in [0.15, 0.2) is 27.1 Å². The summed E-state index contributed by atoms with van der Waals surface area (Å²) in [7, 11) is 0. The van der Waals surface area contributed by atoms with Crippen LogP contribution >= 0.6 is 44.1 Å². The van der Waals surface area contributed by atoms with Gasteiger partial charge >= 0.3 is 5.97 Å². The Morgan fingerprint density at radius 2 is 1.85 bits per heavy atom. The predicted molar refractivity (Wildman–Crippen MR) is 110 cm³/mol. The van der Waals surface area contributed by atoms with Gasteiger partial charge in [-0.25, -0.2) is 0 Å². The summed E-state index contributed by atoms with van der Waals surface area (Å²) in [5.74, 6) is -0.913. The van der Waals surface area contributed by atoms with Crippen molar-refractivity contribution < 1.29 is 23.9 Å². The lowest BCUT2D eigenvalue weighted by Crippen LogP contribution is -2.49. The van der Waals surface area contributed by atoms with Crippen LogP contribution < -0.4 is 20.9 Å². The van der Waals surface area contributed by atoms with Crippen molar-refractivity contribution in [3.8, 4) is 5.75 Å². The number of benzene rings is 1. The van der Waals surface area contributed by atoms with E-state index >= 15 is 0 Å². The third-order valence-electron chi connectivity index (χ3n) is 2.84. The van der Waals surface area contributed by atoms with E-state index in [2.05, 4.69) is 48.0 Å². The molecule has 0 aromatic heterocycles. The van der Waals surface area contributed by atoms with E-state index in [1.165, 1.54) is 0 Å². The molecular weight excluding hydrogens is 506 g/mol. The molecule has 0 spiro atoms. The molecule has 11 heteroatoms. The minimum atomic E-state index is -0.496. The first-order chi connectivity index (χ1) is 12.8. The highest BCUT2D eigenvalue weighted by atomic mass is 79.9. The second kappa shape index (κ2) is 12.6. The molecule has 0 fully saturated rings. The summed E-state index contributed by atoms with van der Waals surface area (Å²) in [4.78, 5) is 34.7. The van der Waals surface area contributed by atoms with E-state index in [-0.39, 0.29) is 24.6 Å². The topological polar surface area (TPSA) is 106 Å². The molecule has 1 aromatic rings. The summed E-state index contributed by atoms with van der Waals surface area (Å²) < 4.78 is 11.8. The first-order valence-electron chi connectivity index (χ1n) is 7.94. The standard InChI is InChI=1S/C16H19Br2N3O5S/c1-2-7-25-15(24)6-5-13(22)19-16(27)21-20-14(23)9-26-12-4-3-10(17)8-11(12)18/h3-4,8H,2,5-7,9H2,1H3,(H,20,23)(H2,19,21,22,27). The Morgan fingerprint density at radius 1 is 1.11 bits per heavy atom. The van der Waals surface area contributed by atoms with E-state index in [0.717, 1.165) is 4.47 Å². The molecular formula is C16H19Br2N3O5S. The van der Waals surface area contributed by atoms with Gasteiger partial charge in [0.05, 0.1) is 17.5 Å². The number of esters is 1. The molecule has 0 aliphatic carbocycles. The molecule has 8 nitrogen and oxygen atoms in total. The molecule has 0 unspecified atom stereocenters. The molecule has 148 valence electrons. The monoisotopic (exact) mass is 523 g/mol. The van der Waals surface area contributed by atoms with Crippen molar-refractivity contribution in [2.75, 3.05) is 13.2 Å². The smallest absolute Gasteiger partial charge is 0.306 e. The predicted octanol–water partition coefficient (Wildman–Crippen LogP) is 2.35. The van der Waals surface area contributed by atoms with E-state index in [1.54, 1.807) is 18.2 Å². The van der Waals surface area contributed by atoms with Crippen molar-refractivity contribution in [2.24, 2.45) is 0 Å². The lowest BCUT2D eigenvalue weighted by molar-refractivity contribution is -0.144. The third kappa shape index (κ3) is 10.3. The first kappa shape index (κ1) is 23.3. The fraction of sp³-hybridized carbons (Fsp3) is 0.375. The van der Waals surface area contributed by atoms with Gasteiger partial charge < -0.3 is 14.8 Å². The number of rotatable bonds is 8. The van der Waals surface area contributed by atoms with E-state index in [0.29, 0.717) is 23.2 Å². The number of carbonyl (C=O) groups is 3.